The fourth-order valence-corrected chi connectivity index (χ4v) is 5.18. The second kappa shape index (κ2) is 7.35. The Hall–Kier alpha value is -0.870. The van der Waals surface area contributed by atoms with E-state index < -0.39 is 9.84 Å². The van der Waals surface area contributed by atoms with E-state index in [0.717, 1.165) is 19.4 Å². The molecular formula is C19H29NO2S. The number of hydrogen-bond acceptors (Lipinski definition) is 3. The Kier molecular flexibility index (Phi) is 5.42. The zero-order chi connectivity index (χ0) is 16.3. The molecular weight excluding hydrogens is 306 g/mol. The van der Waals surface area contributed by atoms with Gasteiger partial charge in [-0.05, 0) is 75.1 Å². The molecule has 3 rings (SSSR count). The topological polar surface area (TPSA) is 37.4 Å². The Bertz CT molecular complexity index is 626. The Morgan fingerprint density at radius 1 is 1.13 bits per heavy atom. The molecule has 1 heterocycles. The van der Waals surface area contributed by atoms with Crippen LogP contribution < -0.4 is 0 Å². The fourth-order valence-electron chi connectivity index (χ4n) is 4.46. The second-order valence-corrected chi connectivity index (χ2v) is 9.54. The third-order valence-electron chi connectivity index (χ3n) is 5.50. The number of aryl methyl sites for hydroxylation is 1. The van der Waals surface area contributed by atoms with Crippen molar-refractivity contribution < 1.29 is 8.42 Å². The van der Waals surface area contributed by atoms with E-state index in [1.165, 1.54) is 44.9 Å². The Labute approximate surface area is 141 Å². The summed E-state index contributed by atoms with van der Waals surface area (Å²) in [5.41, 5.74) is 3.12. The molecule has 1 saturated heterocycles. The van der Waals surface area contributed by atoms with Crippen LogP contribution in [0.2, 0.25) is 0 Å². The first-order chi connectivity index (χ1) is 11.0. The number of sulfone groups is 1. The lowest BCUT2D eigenvalue weighted by molar-refractivity contribution is 0.210. The van der Waals surface area contributed by atoms with Gasteiger partial charge in [0.05, 0.1) is 0 Å². The summed E-state index contributed by atoms with van der Waals surface area (Å²) in [5, 5.41) is 0. The van der Waals surface area contributed by atoms with Crippen LogP contribution in [0.1, 0.15) is 55.6 Å². The lowest BCUT2D eigenvalue weighted by Gasteiger charge is -2.35. The van der Waals surface area contributed by atoms with Gasteiger partial charge >= 0.3 is 0 Å². The van der Waals surface area contributed by atoms with Crippen molar-refractivity contribution >= 4 is 9.84 Å². The molecule has 0 unspecified atom stereocenters. The van der Waals surface area contributed by atoms with Crippen LogP contribution in [0.5, 0.6) is 0 Å². The first kappa shape index (κ1) is 17.0. The molecule has 0 N–H and O–H groups in total. The standard InChI is InChI=1S/C19H29NO2S/c1-23(21,22)15-5-4-13-20-14-7-12-19(20)18-11-6-9-16-8-2-3-10-17(16)18/h2-3,8,10,18-19H,4-7,9,11-15H2,1H3/t18-,19+/m0/s1. The van der Waals surface area contributed by atoms with E-state index in [4.69, 9.17) is 0 Å². The molecule has 1 fully saturated rings. The lowest BCUT2D eigenvalue weighted by Crippen LogP contribution is -2.36. The van der Waals surface area contributed by atoms with Crippen LogP contribution in [-0.2, 0) is 16.3 Å². The Morgan fingerprint density at radius 3 is 2.78 bits per heavy atom. The zero-order valence-electron chi connectivity index (χ0n) is 14.2. The maximum absolute atomic E-state index is 11.3. The quantitative estimate of drug-likeness (QED) is 0.748. The van der Waals surface area contributed by atoms with Crippen LogP contribution in [0.4, 0.5) is 0 Å². The number of likely N-dealkylation sites (tertiary alicyclic amines) is 1. The predicted molar refractivity (Wildman–Crippen MR) is 95.7 cm³/mol. The van der Waals surface area contributed by atoms with E-state index in [1.54, 1.807) is 11.1 Å². The summed E-state index contributed by atoms with van der Waals surface area (Å²) >= 11 is 0. The highest BCUT2D eigenvalue weighted by Gasteiger charge is 2.34. The predicted octanol–water partition coefficient (Wildman–Crippen LogP) is 3.40. The van der Waals surface area contributed by atoms with E-state index in [9.17, 15) is 8.42 Å². The van der Waals surface area contributed by atoms with Gasteiger partial charge in [-0.25, -0.2) is 8.42 Å². The lowest BCUT2D eigenvalue weighted by atomic mass is 9.78. The van der Waals surface area contributed by atoms with Crippen molar-refractivity contribution in [1.82, 2.24) is 4.90 Å². The number of hydrogen-bond donors (Lipinski definition) is 0. The zero-order valence-corrected chi connectivity index (χ0v) is 15.0. The van der Waals surface area contributed by atoms with Gasteiger partial charge in [-0.3, -0.25) is 4.90 Å². The molecule has 3 nitrogen and oxygen atoms in total. The van der Waals surface area contributed by atoms with E-state index in [-0.39, 0.29) is 0 Å². The highest BCUT2D eigenvalue weighted by Crippen LogP contribution is 2.39. The van der Waals surface area contributed by atoms with Gasteiger partial charge < -0.3 is 0 Å². The first-order valence-corrected chi connectivity index (χ1v) is 11.1. The minimum atomic E-state index is -2.81. The molecule has 0 saturated carbocycles. The molecule has 2 atom stereocenters. The summed E-state index contributed by atoms with van der Waals surface area (Å²) in [5.74, 6) is 1.01. The number of benzene rings is 1. The molecule has 2 aliphatic rings. The van der Waals surface area contributed by atoms with Gasteiger partial charge in [0.15, 0.2) is 0 Å². The van der Waals surface area contributed by atoms with Gasteiger partial charge in [0.1, 0.15) is 9.84 Å². The van der Waals surface area contributed by atoms with E-state index in [2.05, 4.69) is 29.2 Å². The SMILES string of the molecule is CS(=O)(=O)CCCCN1CCC[C@@H]1[C@H]1CCCc2ccccc21. The van der Waals surface area contributed by atoms with Gasteiger partial charge in [-0.1, -0.05) is 24.3 Å². The van der Waals surface area contributed by atoms with E-state index >= 15 is 0 Å². The smallest absolute Gasteiger partial charge is 0.147 e. The summed E-state index contributed by atoms with van der Waals surface area (Å²) in [6, 6.07) is 9.64. The van der Waals surface area contributed by atoms with Gasteiger partial charge in [0, 0.05) is 18.1 Å². The maximum Gasteiger partial charge on any atom is 0.147 e. The molecule has 0 aromatic heterocycles. The van der Waals surface area contributed by atoms with Crippen molar-refractivity contribution in [1.29, 1.82) is 0 Å². The monoisotopic (exact) mass is 335 g/mol. The average molecular weight is 336 g/mol. The van der Waals surface area contributed by atoms with Gasteiger partial charge in [0.25, 0.3) is 0 Å². The van der Waals surface area contributed by atoms with Crippen molar-refractivity contribution in [2.75, 3.05) is 25.1 Å². The van der Waals surface area contributed by atoms with Gasteiger partial charge in [0.2, 0.25) is 0 Å². The highest BCUT2D eigenvalue weighted by atomic mass is 32.2. The van der Waals surface area contributed by atoms with Crippen LogP contribution in [0, 0.1) is 0 Å². The molecule has 0 bridgehead atoms. The first-order valence-electron chi connectivity index (χ1n) is 9.04. The molecule has 0 amide bonds. The third-order valence-corrected chi connectivity index (χ3v) is 6.54. The number of rotatable bonds is 6. The molecule has 0 spiro atoms. The van der Waals surface area contributed by atoms with E-state index in [0.29, 0.717) is 17.7 Å². The summed E-state index contributed by atoms with van der Waals surface area (Å²) in [4.78, 5) is 2.63. The van der Waals surface area contributed by atoms with Crippen molar-refractivity contribution in [2.45, 2.75) is 56.9 Å². The van der Waals surface area contributed by atoms with Crippen molar-refractivity contribution in [2.24, 2.45) is 0 Å². The fraction of sp³-hybridized carbons (Fsp3) is 0.684. The number of unbranched alkanes of at least 4 members (excludes halogenated alkanes) is 1. The molecule has 23 heavy (non-hydrogen) atoms. The Morgan fingerprint density at radius 2 is 1.96 bits per heavy atom. The number of nitrogens with zero attached hydrogens (tertiary/aromatic N) is 1. The van der Waals surface area contributed by atoms with Gasteiger partial charge in [-0.15, -0.1) is 0 Å². The summed E-state index contributed by atoms with van der Waals surface area (Å²) in [6.45, 7) is 2.24. The molecule has 1 aromatic rings. The van der Waals surface area contributed by atoms with Crippen molar-refractivity contribution in [3.05, 3.63) is 35.4 Å². The number of fused-ring (bicyclic) bond motifs is 1. The molecule has 4 heteroatoms. The van der Waals surface area contributed by atoms with Crippen molar-refractivity contribution in [3.8, 4) is 0 Å². The van der Waals surface area contributed by atoms with Crippen LogP contribution in [0.3, 0.4) is 0 Å². The molecule has 1 aliphatic heterocycles. The van der Waals surface area contributed by atoms with Crippen molar-refractivity contribution in [3.63, 3.8) is 0 Å². The third kappa shape index (κ3) is 4.36. The maximum atomic E-state index is 11.3. The van der Waals surface area contributed by atoms with E-state index in [1.807, 2.05) is 0 Å². The summed E-state index contributed by atoms with van der Waals surface area (Å²) < 4.78 is 22.5. The molecule has 128 valence electrons. The van der Waals surface area contributed by atoms with Crippen LogP contribution >= 0.6 is 0 Å². The van der Waals surface area contributed by atoms with Gasteiger partial charge in [-0.2, -0.15) is 0 Å². The average Bonchev–Trinajstić information content (AvgIpc) is 2.98. The minimum absolute atomic E-state index is 0.331. The molecule has 1 aromatic carbocycles. The van der Waals surface area contributed by atoms with Crippen LogP contribution in [-0.4, -0.2) is 44.5 Å². The molecule has 0 radical (unpaired) electrons. The van der Waals surface area contributed by atoms with Crippen LogP contribution in [0.25, 0.3) is 0 Å². The van der Waals surface area contributed by atoms with Crippen LogP contribution in [0.15, 0.2) is 24.3 Å². The highest BCUT2D eigenvalue weighted by molar-refractivity contribution is 7.90. The second-order valence-electron chi connectivity index (χ2n) is 7.28. The normalized spacial score (nSPS) is 25.4. The Balaban J connectivity index is 1.61. The summed E-state index contributed by atoms with van der Waals surface area (Å²) in [7, 11) is -2.81. The molecule has 1 aliphatic carbocycles. The minimum Gasteiger partial charge on any atom is -0.300 e. The largest absolute Gasteiger partial charge is 0.300 e. The summed E-state index contributed by atoms with van der Waals surface area (Å²) in [6.07, 6.45) is 9.56.